The lowest BCUT2D eigenvalue weighted by Gasteiger charge is -2.31. The molecule has 1 aromatic heterocycles. The van der Waals surface area contributed by atoms with Crippen molar-refractivity contribution in [3.63, 3.8) is 0 Å². The molecule has 0 radical (unpaired) electrons. The number of hydrogen-bond donors (Lipinski definition) is 1. The van der Waals surface area contributed by atoms with E-state index in [2.05, 4.69) is 35.3 Å². The lowest BCUT2D eigenvalue weighted by Crippen LogP contribution is -2.34. The van der Waals surface area contributed by atoms with E-state index in [9.17, 15) is 0 Å². The van der Waals surface area contributed by atoms with Crippen LogP contribution >= 0.6 is 0 Å². The van der Waals surface area contributed by atoms with Crippen LogP contribution in [0.2, 0.25) is 0 Å². The highest BCUT2D eigenvalue weighted by molar-refractivity contribution is 5.11. The molecule has 0 unspecified atom stereocenters. The molecule has 0 atom stereocenters. The zero-order chi connectivity index (χ0) is 14.2. The second kappa shape index (κ2) is 8.35. The number of aromatic nitrogens is 1. The highest BCUT2D eigenvalue weighted by atomic mass is 16.5. The molecule has 1 N–H and O–H groups in total. The fourth-order valence-electron chi connectivity index (χ4n) is 2.74. The molecule has 1 aliphatic rings. The van der Waals surface area contributed by atoms with Crippen LogP contribution in [0.1, 0.15) is 31.2 Å². The molecule has 0 spiro atoms. The summed E-state index contributed by atoms with van der Waals surface area (Å²) in [7, 11) is 1.80. The van der Waals surface area contributed by atoms with Gasteiger partial charge in [0.25, 0.3) is 0 Å². The van der Waals surface area contributed by atoms with Crippen molar-refractivity contribution in [1.29, 1.82) is 0 Å². The Kier molecular flexibility index (Phi) is 6.43. The van der Waals surface area contributed by atoms with Crippen molar-refractivity contribution < 1.29 is 4.74 Å². The summed E-state index contributed by atoms with van der Waals surface area (Å²) in [6.07, 6.45) is 2.48. The first-order valence-electron chi connectivity index (χ1n) is 7.68. The molecular weight excluding hydrogens is 250 g/mol. The van der Waals surface area contributed by atoms with Gasteiger partial charge in [-0.05, 0) is 50.5 Å². The predicted octanol–water partition coefficient (Wildman–Crippen LogP) is 2.05. The predicted molar refractivity (Wildman–Crippen MR) is 81.5 cm³/mol. The van der Waals surface area contributed by atoms with Crippen molar-refractivity contribution in [3.8, 4) is 0 Å². The first kappa shape index (κ1) is 15.4. The Labute approximate surface area is 122 Å². The van der Waals surface area contributed by atoms with Gasteiger partial charge in [-0.3, -0.25) is 9.88 Å². The maximum absolute atomic E-state index is 5.25. The third kappa shape index (κ3) is 4.85. The Morgan fingerprint density at radius 1 is 1.30 bits per heavy atom. The Hall–Kier alpha value is -0.970. The maximum atomic E-state index is 5.25. The van der Waals surface area contributed by atoms with Crippen LogP contribution in [-0.4, -0.2) is 43.2 Å². The van der Waals surface area contributed by atoms with Crippen molar-refractivity contribution in [1.82, 2.24) is 15.2 Å². The van der Waals surface area contributed by atoms with Crippen molar-refractivity contribution in [3.05, 3.63) is 29.6 Å². The topological polar surface area (TPSA) is 37.4 Å². The monoisotopic (exact) mass is 277 g/mol. The van der Waals surface area contributed by atoms with Gasteiger partial charge in [-0.25, -0.2) is 0 Å². The molecule has 20 heavy (non-hydrogen) atoms. The Morgan fingerprint density at radius 2 is 2.05 bits per heavy atom. The average Bonchev–Trinajstić information content (AvgIpc) is 2.48. The minimum atomic E-state index is 0.740. The van der Waals surface area contributed by atoms with E-state index < -0.39 is 0 Å². The Bertz CT molecular complexity index is 389. The summed E-state index contributed by atoms with van der Waals surface area (Å²) in [6, 6.07) is 6.35. The van der Waals surface area contributed by atoms with Gasteiger partial charge in [0.1, 0.15) is 0 Å². The van der Waals surface area contributed by atoms with Crippen LogP contribution in [0.3, 0.4) is 0 Å². The van der Waals surface area contributed by atoms with E-state index >= 15 is 0 Å². The van der Waals surface area contributed by atoms with Crippen LogP contribution in [0.25, 0.3) is 0 Å². The van der Waals surface area contributed by atoms with Gasteiger partial charge in [0.2, 0.25) is 0 Å². The summed E-state index contributed by atoms with van der Waals surface area (Å²) in [4.78, 5) is 7.24. The zero-order valence-corrected chi connectivity index (χ0v) is 12.8. The van der Waals surface area contributed by atoms with Gasteiger partial charge in [-0.1, -0.05) is 13.0 Å². The minimum Gasteiger partial charge on any atom is -0.384 e. The summed E-state index contributed by atoms with van der Waals surface area (Å²) >= 11 is 0. The van der Waals surface area contributed by atoms with Crippen LogP contribution in [-0.2, 0) is 17.8 Å². The normalized spacial score (nSPS) is 17.5. The van der Waals surface area contributed by atoms with Gasteiger partial charge in [0.05, 0.1) is 11.4 Å². The van der Waals surface area contributed by atoms with E-state index in [4.69, 9.17) is 9.72 Å². The SMILES string of the molecule is CCNCc1cccc(CN2CCC(COC)CC2)n1. The van der Waals surface area contributed by atoms with E-state index in [1.807, 2.05) is 0 Å². The Morgan fingerprint density at radius 3 is 2.75 bits per heavy atom. The first-order valence-corrected chi connectivity index (χ1v) is 7.68. The summed E-state index contributed by atoms with van der Waals surface area (Å²) in [5, 5.41) is 3.33. The fraction of sp³-hybridized carbons (Fsp3) is 0.688. The summed E-state index contributed by atoms with van der Waals surface area (Å²) < 4.78 is 5.25. The summed E-state index contributed by atoms with van der Waals surface area (Å²) in [6.45, 7) is 8.16. The molecule has 0 aromatic carbocycles. The number of piperidine rings is 1. The molecule has 1 aliphatic heterocycles. The third-order valence-corrected chi connectivity index (χ3v) is 3.92. The van der Waals surface area contributed by atoms with Crippen LogP contribution in [0.4, 0.5) is 0 Å². The molecule has 0 saturated carbocycles. The molecule has 4 heteroatoms. The van der Waals surface area contributed by atoms with Gasteiger partial charge in [0, 0.05) is 26.8 Å². The maximum Gasteiger partial charge on any atom is 0.0547 e. The van der Waals surface area contributed by atoms with Gasteiger partial charge in [-0.2, -0.15) is 0 Å². The van der Waals surface area contributed by atoms with E-state index in [1.165, 1.54) is 18.5 Å². The molecule has 2 heterocycles. The summed E-state index contributed by atoms with van der Waals surface area (Å²) in [5.74, 6) is 0.740. The molecule has 1 fully saturated rings. The summed E-state index contributed by atoms with van der Waals surface area (Å²) in [5.41, 5.74) is 2.32. The quantitative estimate of drug-likeness (QED) is 0.828. The number of hydrogen-bond acceptors (Lipinski definition) is 4. The van der Waals surface area contributed by atoms with Gasteiger partial charge < -0.3 is 10.1 Å². The van der Waals surface area contributed by atoms with Gasteiger partial charge in [-0.15, -0.1) is 0 Å². The second-order valence-corrected chi connectivity index (χ2v) is 5.58. The number of rotatable bonds is 7. The number of nitrogens with one attached hydrogen (secondary N) is 1. The lowest BCUT2D eigenvalue weighted by molar-refractivity contribution is 0.0963. The fourth-order valence-corrected chi connectivity index (χ4v) is 2.74. The number of nitrogens with zero attached hydrogens (tertiary/aromatic N) is 2. The van der Waals surface area contributed by atoms with Crippen LogP contribution in [0.15, 0.2) is 18.2 Å². The number of methoxy groups -OCH3 is 1. The third-order valence-electron chi connectivity index (χ3n) is 3.92. The van der Waals surface area contributed by atoms with Crippen LogP contribution in [0, 0.1) is 5.92 Å². The lowest BCUT2D eigenvalue weighted by atomic mass is 9.98. The van der Waals surface area contributed by atoms with Crippen LogP contribution in [0.5, 0.6) is 0 Å². The smallest absolute Gasteiger partial charge is 0.0547 e. The molecule has 0 bridgehead atoms. The molecule has 4 nitrogen and oxygen atoms in total. The van der Waals surface area contributed by atoms with E-state index in [-0.39, 0.29) is 0 Å². The molecular formula is C16H27N3O. The second-order valence-electron chi connectivity index (χ2n) is 5.58. The van der Waals surface area contributed by atoms with E-state index in [0.717, 1.165) is 50.9 Å². The largest absolute Gasteiger partial charge is 0.384 e. The Balaban J connectivity index is 1.81. The molecule has 2 rings (SSSR count). The van der Waals surface area contributed by atoms with Gasteiger partial charge >= 0.3 is 0 Å². The minimum absolute atomic E-state index is 0.740. The number of ether oxygens (including phenoxy) is 1. The average molecular weight is 277 g/mol. The van der Waals surface area contributed by atoms with Crippen molar-refractivity contribution in [2.45, 2.75) is 32.9 Å². The van der Waals surface area contributed by atoms with Crippen LogP contribution < -0.4 is 5.32 Å². The van der Waals surface area contributed by atoms with Gasteiger partial charge in [0.15, 0.2) is 0 Å². The van der Waals surface area contributed by atoms with E-state index in [1.54, 1.807) is 7.11 Å². The molecule has 0 aliphatic carbocycles. The molecule has 1 aromatic rings. The highest BCUT2D eigenvalue weighted by Crippen LogP contribution is 2.18. The van der Waals surface area contributed by atoms with Crippen molar-refractivity contribution >= 4 is 0 Å². The van der Waals surface area contributed by atoms with Crippen molar-refractivity contribution in [2.24, 2.45) is 5.92 Å². The number of pyridine rings is 1. The highest BCUT2D eigenvalue weighted by Gasteiger charge is 2.19. The number of likely N-dealkylation sites (tertiary alicyclic amines) is 1. The molecule has 0 amide bonds. The first-order chi connectivity index (χ1) is 9.81. The van der Waals surface area contributed by atoms with Crippen molar-refractivity contribution in [2.75, 3.05) is 33.4 Å². The van der Waals surface area contributed by atoms with E-state index in [0.29, 0.717) is 0 Å². The molecule has 112 valence electrons. The molecule has 1 saturated heterocycles. The standard InChI is InChI=1S/C16H27N3O/c1-3-17-11-15-5-4-6-16(18-15)12-19-9-7-14(8-10-19)13-20-2/h4-6,14,17H,3,7-13H2,1-2H3. The zero-order valence-electron chi connectivity index (χ0n) is 12.8.